The van der Waals surface area contributed by atoms with Gasteiger partial charge in [0.2, 0.25) is 5.91 Å². The van der Waals surface area contributed by atoms with Gasteiger partial charge in [0, 0.05) is 17.4 Å². The Kier molecular flexibility index (Phi) is 4.15. The van der Waals surface area contributed by atoms with Gasteiger partial charge in [-0.05, 0) is 18.2 Å². The van der Waals surface area contributed by atoms with E-state index < -0.39 is 40.4 Å². The standard InChI is InChI=1S/C12H12BrF2NO3S/c13-9-2-1-3-10(6-9)20(18,19)7-11(17)16-5-4-12(14,15)8-16/h1-3,6H,4-5,7-8H2. The zero-order valence-electron chi connectivity index (χ0n) is 10.4. The Morgan fingerprint density at radius 3 is 2.65 bits per heavy atom. The SMILES string of the molecule is O=C(CS(=O)(=O)c1cccc(Br)c1)N1CCC(F)(F)C1. The summed E-state index contributed by atoms with van der Waals surface area (Å²) in [6, 6.07) is 5.93. The lowest BCUT2D eigenvalue weighted by Gasteiger charge is -2.16. The minimum absolute atomic E-state index is 0.00816. The minimum Gasteiger partial charge on any atom is -0.336 e. The number of carbonyl (C=O) groups is 1. The molecule has 1 aromatic carbocycles. The van der Waals surface area contributed by atoms with Gasteiger partial charge < -0.3 is 4.90 Å². The van der Waals surface area contributed by atoms with E-state index in [4.69, 9.17) is 0 Å². The van der Waals surface area contributed by atoms with Gasteiger partial charge in [-0.25, -0.2) is 17.2 Å². The molecular weight excluding hydrogens is 356 g/mol. The van der Waals surface area contributed by atoms with E-state index in [1.54, 1.807) is 6.07 Å². The number of likely N-dealkylation sites (tertiary alicyclic amines) is 1. The predicted molar refractivity (Wildman–Crippen MR) is 72.3 cm³/mol. The summed E-state index contributed by atoms with van der Waals surface area (Å²) in [5.74, 6) is -4.50. The Balaban J connectivity index is 2.11. The average Bonchev–Trinajstić information content (AvgIpc) is 2.69. The van der Waals surface area contributed by atoms with Crippen LogP contribution in [0, 0.1) is 0 Å². The second kappa shape index (κ2) is 5.40. The summed E-state index contributed by atoms with van der Waals surface area (Å²) in [7, 11) is -3.82. The third kappa shape index (κ3) is 3.54. The van der Waals surface area contributed by atoms with Crippen LogP contribution in [0.5, 0.6) is 0 Å². The number of alkyl halides is 2. The van der Waals surface area contributed by atoms with Gasteiger partial charge in [0.1, 0.15) is 5.75 Å². The maximum absolute atomic E-state index is 13.0. The van der Waals surface area contributed by atoms with Crippen LogP contribution in [0.15, 0.2) is 33.6 Å². The van der Waals surface area contributed by atoms with Crippen molar-refractivity contribution in [3.05, 3.63) is 28.7 Å². The fourth-order valence-electron chi connectivity index (χ4n) is 1.95. The van der Waals surface area contributed by atoms with Crippen molar-refractivity contribution in [3.8, 4) is 0 Å². The highest BCUT2D eigenvalue weighted by atomic mass is 79.9. The molecule has 1 heterocycles. The van der Waals surface area contributed by atoms with E-state index in [1.807, 2.05) is 0 Å². The normalized spacial score (nSPS) is 18.2. The Labute approximate surface area is 123 Å². The summed E-state index contributed by atoms with van der Waals surface area (Å²) in [4.78, 5) is 12.7. The van der Waals surface area contributed by atoms with E-state index >= 15 is 0 Å². The van der Waals surface area contributed by atoms with Crippen LogP contribution in [0.2, 0.25) is 0 Å². The van der Waals surface area contributed by atoms with Crippen molar-refractivity contribution < 1.29 is 22.0 Å². The summed E-state index contributed by atoms with van der Waals surface area (Å²) in [5, 5.41) is 0. The van der Waals surface area contributed by atoms with E-state index in [1.165, 1.54) is 18.2 Å². The first-order valence-corrected chi connectivity index (χ1v) is 8.28. The maximum Gasteiger partial charge on any atom is 0.267 e. The molecule has 0 N–H and O–H groups in total. The van der Waals surface area contributed by atoms with Crippen LogP contribution >= 0.6 is 15.9 Å². The number of benzene rings is 1. The van der Waals surface area contributed by atoms with Crippen LogP contribution in [0.3, 0.4) is 0 Å². The van der Waals surface area contributed by atoms with E-state index in [9.17, 15) is 22.0 Å². The summed E-state index contributed by atoms with van der Waals surface area (Å²) in [6.45, 7) is -0.820. The van der Waals surface area contributed by atoms with Gasteiger partial charge in [-0.15, -0.1) is 0 Å². The average molecular weight is 368 g/mol. The molecule has 0 bridgehead atoms. The van der Waals surface area contributed by atoms with E-state index in [-0.39, 0.29) is 11.4 Å². The highest BCUT2D eigenvalue weighted by Gasteiger charge is 2.41. The molecule has 2 rings (SSSR count). The molecule has 0 aromatic heterocycles. The number of hydrogen-bond acceptors (Lipinski definition) is 3. The van der Waals surface area contributed by atoms with Crippen LogP contribution in [0.1, 0.15) is 6.42 Å². The molecule has 1 fully saturated rings. The van der Waals surface area contributed by atoms with Gasteiger partial charge in [-0.2, -0.15) is 0 Å². The predicted octanol–water partition coefficient (Wildman–Crippen LogP) is 2.09. The fourth-order valence-corrected chi connectivity index (χ4v) is 3.76. The summed E-state index contributed by atoms with van der Waals surface area (Å²) in [6.07, 6.45) is -0.421. The minimum atomic E-state index is -3.82. The van der Waals surface area contributed by atoms with Crippen LogP contribution < -0.4 is 0 Å². The molecule has 110 valence electrons. The molecule has 4 nitrogen and oxygen atoms in total. The first kappa shape index (κ1) is 15.4. The molecule has 0 saturated carbocycles. The molecule has 20 heavy (non-hydrogen) atoms. The monoisotopic (exact) mass is 367 g/mol. The maximum atomic E-state index is 13.0. The zero-order chi connectivity index (χ0) is 15.0. The number of rotatable bonds is 3. The lowest BCUT2D eigenvalue weighted by Crippen LogP contribution is -2.35. The Morgan fingerprint density at radius 2 is 2.10 bits per heavy atom. The van der Waals surface area contributed by atoms with Gasteiger partial charge in [0.05, 0.1) is 11.4 Å². The first-order chi connectivity index (χ1) is 9.20. The molecule has 0 atom stereocenters. The number of nitrogens with zero attached hydrogens (tertiary/aromatic N) is 1. The van der Waals surface area contributed by atoms with Gasteiger partial charge in [-0.1, -0.05) is 22.0 Å². The highest BCUT2D eigenvalue weighted by molar-refractivity contribution is 9.10. The first-order valence-electron chi connectivity index (χ1n) is 5.84. The van der Waals surface area contributed by atoms with Crippen LogP contribution in [0.25, 0.3) is 0 Å². The van der Waals surface area contributed by atoms with Crippen LogP contribution in [-0.4, -0.2) is 44.0 Å². The Hall–Kier alpha value is -1.02. The second-order valence-electron chi connectivity index (χ2n) is 4.64. The van der Waals surface area contributed by atoms with Crippen molar-refractivity contribution in [2.45, 2.75) is 17.2 Å². The fraction of sp³-hybridized carbons (Fsp3) is 0.417. The van der Waals surface area contributed by atoms with Gasteiger partial charge in [0.15, 0.2) is 9.84 Å². The number of amides is 1. The van der Waals surface area contributed by atoms with Crippen molar-refractivity contribution >= 4 is 31.7 Å². The van der Waals surface area contributed by atoms with Crippen molar-refractivity contribution in [2.24, 2.45) is 0 Å². The van der Waals surface area contributed by atoms with Crippen LogP contribution in [0.4, 0.5) is 8.78 Å². The van der Waals surface area contributed by atoms with Gasteiger partial charge in [0.25, 0.3) is 5.92 Å². The number of sulfone groups is 1. The van der Waals surface area contributed by atoms with Crippen molar-refractivity contribution in [1.82, 2.24) is 4.90 Å². The Bertz CT molecular complexity index is 633. The van der Waals surface area contributed by atoms with Crippen LogP contribution in [-0.2, 0) is 14.6 Å². The smallest absolute Gasteiger partial charge is 0.267 e. The molecule has 0 radical (unpaired) electrons. The molecule has 8 heteroatoms. The molecule has 0 unspecified atom stereocenters. The van der Waals surface area contributed by atoms with Gasteiger partial charge in [-0.3, -0.25) is 4.79 Å². The van der Waals surface area contributed by atoms with Crippen molar-refractivity contribution in [1.29, 1.82) is 0 Å². The molecular formula is C12H12BrF2NO3S. The molecule has 1 saturated heterocycles. The van der Waals surface area contributed by atoms with E-state index in [0.29, 0.717) is 4.47 Å². The zero-order valence-corrected chi connectivity index (χ0v) is 12.8. The highest BCUT2D eigenvalue weighted by Crippen LogP contribution is 2.27. The summed E-state index contributed by atoms with van der Waals surface area (Å²) >= 11 is 3.14. The number of hydrogen-bond donors (Lipinski definition) is 0. The second-order valence-corrected chi connectivity index (χ2v) is 7.54. The molecule has 0 aliphatic carbocycles. The lowest BCUT2D eigenvalue weighted by atomic mass is 10.3. The molecule has 1 aliphatic heterocycles. The molecule has 1 aliphatic rings. The number of carbonyl (C=O) groups excluding carboxylic acids is 1. The molecule has 0 spiro atoms. The molecule has 1 aromatic rings. The Morgan fingerprint density at radius 1 is 1.40 bits per heavy atom. The van der Waals surface area contributed by atoms with Crippen molar-refractivity contribution in [3.63, 3.8) is 0 Å². The summed E-state index contributed by atoms with van der Waals surface area (Å²) in [5.41, 5.74) is 0. The lowest BCUT2D eigenvalue weighted by molar-refractivity contribution is -0.128. The topological polar surface area (TPSA) is 54.5 Å². The van der Waals surface area contributed by atoms with Gasteiger partial charge >= 0.3 is 0 Å². The molecule has 1 amide bonds. The summed E-state index contributed by atoms with van der Waals surface area (Å²) < 4.78 is 50.7. The number of halogens is 3. The quantitative estimate of drug-likeness (QED) is 0.821. The third-order valence-corrected chi connectivity index (χ3v) is 5.08. The van der Waals surface area contributed by atoms with E-state index in [2.05, 4.69) is 15.9 Å². The van der Waals surface area contributed by atoms with E-state index in [0.717, 1.165) is 4.90 Å². The van der Waals surface area contributed by atoms with Crippen molar-refractivity contribution in [2.75, 3.05) is 18.8 Å². The largest absolute Gasteiger partial charge is 0.336 e. The third-order valence-electron chi connectivity index (χ3n) is 2.99.